The van der Waals surface area contributed by atoms with E-state index in [0.29, 0.717) is 55.9 Å². The summed E-state index contributed by atoms with van der Waals surface area (Å²) in [5.41, 5.74) is 2.88. The van der Waals surface area contributed by atoms with E-state index in [1.165, 1.54) is 0 Å². The summed E-state index contributed by atoms with van der Waals surface area (Å²) >= 11 is 0. The van der Waals surface area contributed by atoms with Gasteiger partial charge in [-0.1, -0.05) is 54.6 Å². The normalized spacial score (nSPS) is 13.7. The third-order valence-corrected chi connectivity index (χ3v) is 7.66. The summed E-state index contributed by atoms with van der Waals surface area (Å²) in [4.78, 5) is 30.8. The highest BCUT2D eigenvalue weighted by Gasteiger charge is 2.24. The molecular weight excluding hydrogens is 504 g/mol. The number of nitrogens with zero attached hydrogens (tertiary/aromatic N) is 6. The lowest BCUT2D eigenvalue weighted by Crippen LogP contribution is -2.49. The van der Waals surface area contributed by atoms with Crippen LogP contribution in [0.3, 0.4) is 0 Å². The zero-order valence-corrected chi connectivity index (χ0v) is 22.6. The second-order valence-electron chi connectivity index (χ2n) is 10.0. The molecule has 204 valence electrons. The molecule has 0 saturated carbocycles. The molecule has 0 bridgehead atoms. The van der Waals surface area contributed by atoms with Crippen molar-refractivity contribution in [3.8, 4) is 5.75 Å². The largest absolute Gasteiger partial charge is 0.495 e. The molecule has 0 aliphatic carbocycles. The van der Waals surface area contributed by atoms with Gasteiger partial charge in [0.25, 0.3) is 5.56 Å². The van der Waals surface area contributed by atoms with E-state index in [1.54, 1.807) is 11.7 Å². The number of carbonyl (C=O) groups is 1. The summed E-state index contributed by atoms with van der Waals surface area (Å²) in [5.74, 6) is 2.13. The van der Waals surface area contributed by atoms with Crippen molar-refractivity contribution in [1.29, 1.82) is 0 Å². The maximum atomic E-state index is 13.4. The van der Waals surface area contributed by atoms with E-state index in [2.05, 4.69) is 33.3 Å². The molecule has 0 spiro atoms. The van der Waals surface area contributed by atoms with Crippen LogP contribution in [0.15, 0.2) is 83.7 Å². The molecule has 0 N–H and O–H groups in total. The molecule has 3 heterocycles. The van der Waals surface area contributed by atoms with Crippen LogP contribution in [0.4, 0.5) is 5.69 Å². The zero-order chi connectivity index (χ0) is 27.5. The van der Waals surface area contributed by atoms with Crippen LogP contribution < -0.4 is 15.2 Å². The van der Waals surface area contributed by atoms with Gasteiger partial charge in [0.1, 0.15) is 11.6 Å². The number of benzene rings is 3. The number of methoxy groups -OCH3 is 1. The molecule has 0 radical (unpaired) electrons. The minimum Gasteiger partial charge on any atom is -0.495 e. The molecule has 1 fully saturated rings. The van der Waals surface area contributed by atoms with Crippen molar-refractivity contribution in [1.82, 2.24) is 24.1 Å². The molecule has 1 amide bonds. The van der Waals surface area contributed by atoms with Gasteiger partial charge in [-0.3, -0.25) is 18.6 Å². The molecule has 1 saturated heterocycles. The second-order valence-corrected chi connectivity index (χ2v) is 10.0. The first-order chi connectivity index (χ1) is 19.6. The van der Waals surface area contributed by atoms with E-state index >= 15 is 0 Å². The number of hydrogen-bond donors (Lipinski definition) is 0. The molecule has 0 atom stereocenters. The van der Waals surface area contributed by atoms with Crippen molar-refractivity contribution < 1.29 is 9.53 Å². The summed E-state index contributed by atoms with van der Waals surface area (Å²) in [6.45, 7) is 3.29. The van der Waals surface area contributed by atoms with Crippen molar-refractivity contribution >= 4 is 28.3 Å². The lowest BCUT2D eigenvalue weighted by molar-refractivity contribution is -0.131. The van der Waals surface area contributed by atoms with Gasteiger partial charge in [0.2, 0.25) is 11.7 Å². The van der Waals surface area contributed by atoms with Crippen LogP contribution in [0.5, 0.6) is 5.75 Å². The number of para-hydroxylation sites is 3. The zero-order valence-electron chi connectivity index (χ0n) is 22.6. The van der Waals surface area contributed by atoms with Crippen LogP contribution >= 0.6 is 0 Å². The topological polar surface area (TPSA) is 85.0 Å². The van der Waals surface area contributed by atoms with E-state index < -0.39 is 0 Å². The van der Waals surface area contributed by atoms with E-state index in [4.69, 9.17) is 4.74 Å². The average molecular weight is 537 g/mol. The summed E-state index contributed by atoms with van der Waals surface area (Å²) < 4.78 is 9.15. The van der Waals surface area contributed by atoms with Crippen molar-refractivity contribution in [3.63, 3.8) is 0 Å². The van der Waals surface area contributed by atoms with Gasteiger partial charge in [-0.2, -0.15) is 0 Å². The Kier molecular flexibility index (Phi) is 7.18. The standard InChI is InChI=1S/C31H32N6O3/c1-40-27-14-8-7-13-26(27)34-19-21-35(22-20-34)29(38)16-15-28-32-33-31-36(18-17-23-9-3-2-4-10-23)30(39)24-11-5-6-12-25(24)37(28)31/h2-14H,15-22H2,1H3. The number of fused-ring (bicyclic) bond motifs is 3. The maximum Gasteiger partial charge on any atom is 0.262 e. The van der Waals surface area contributed by atoms with Crippen molar-refractivity contribution in [3.05, 3.63) is 101 Å². The number of aromatic nitrogens is 4. The van der Waals surface area contributed by atoms with Crippen LogP contribution in [0.25, 0.3) is 16.7 Å². The maximum absolute atomic E-state index is 13.4. The number of rotatable bonds is 8. The number of amides is 1. The minimum absolute atomic E-state index is 0.0815. The Morgan fingerprint density at radius 1 is 0.850 bits per heavy atom. The van der Waals surface area contributed by atoms with Crippen molar-refractivity contribution in [2.24, 2.45) is 0 Å². The number of anilines is 1. The molecule has 3 aromatic carbocycles. The van der Waals surface area contributed by atoms with Gasteiger partial charge in [0.05, 0.1) is 23.7 Å². The number of ether oxygens (including phenoxy) is 1. The Labute approximate surface area is 232 Å². The second kappa shape index (κ2) is 11.2. The molecular formula is C31H32N6O3. The summed E-state index contributed by atoms with van der Waals surface area (Å²) in [5, 5.41) is 9.49. The fourth-order valence-corrected chi connectivity index (χ4v) is 5.53. The Balaban J connectivity index is 1.19. The summed E-state index contributed by atoms with van der Waals surface area (Å²) in [6, 6.07) is 25.6. The first-order valence-corrected chi connectivity index (χ1v) is 13.7. The van der Waals surface area contributed by atoms with Crippen LogP contribution in [-0.2, 0) is 24.2 Å². The monoisotopic (exact) mass is 536 g/mol. The van der Waals surface area contributed by atoms with Crippen LogP contribution in [0.1, 0.15) is 17.8 Å². The molecule has 40 heavy (non-hydrogen) atoms. The van der Waals surface area contributed by atoms with Crippen LogP contribution in [0, 0.1) is 0 Å². The Bertz CT molecular complexity index is 1700. The smallest absolute Gasteiger partial charge is 0.262 e. The van der Waals surface area contributed by atoms with Gasteiger partial charge < -0.3 is 14.5 Å². The number of hydrogen-bond acceptors (Lipinski definition) is 6. The third-order valence-electron chi connectivity index (χ3n) is 7.66. The summed E-state index contributed by atoms with van der Waals surface area (Å²) in [7, 11) is 1.68. The highest BCUT2D eigenvalue weighted by Crippen LogP contribution is 2.28. The van der Waals surface area contributed by atoms with Gasteiger partial charge in [0.15, 0.2) is 0 Å². The quantitative estimate of drug-likeness (QED) is 0.302. The fraction of sp³-hybridized carbons (Fsp3) is 0.290. The van der Waals surface area contributed by atoms with Crippen LogP contribution in [0.2, 0.25) is 0 Å². The molecule has 1 aliphatic rings. The minimum atomic E-state index is -0.0815. The van der Waals surface area contributed by atoms with E-state index in [-0.39, 0.29) is 11.5 Å². The lowest BCUT2D eigenvalue weighted by Gasteiger charge is -2.36. The molecule has 0 unspecified atom stereocenters. The van der Waals surface area contributed by atoms with Gasteiger partial charge in [0, 0.05) is 45.6 Å². The molecule has 6 rings (SSSR count). The fourth-order valence-electron chi connectivity index (χ4n) is 5.53. The molecule has 9 heteroatoms. The first kappa shape index (κ1) is 25.6. The average Bonchev–Trinajstić information content (AvgIpc) is 3.44. The number of aryl methyl sites for hydroxylation is 3. The van der Waals surface area contributed by atoms with Gasteiger partial charge in [-0.05, 0) is 36.2 Å². The highest BCUT2D eigenvalue weighted by atomic mass is 16.5. The Morgan fingerprint density at radius 2 is 1.57 bits per heavy atom. The number of carbonyl (C=O) groups excluding carboxylic acids is 1. The Morgan fingerprint density at radius 3 is 2.38 bits per heavy atom. The van der Waals surface area contributed by atoms with Gasteiger partial charge >= 0.3 is 0 Å². The molecule has 5 aromatic rings. The number of piperazine rings is 1. The predicted octanol–water partition coefficient (Wildman–Crippen LogP) is 3.58. The Hall–Kier alpha value is -4.66. The molecule has 1 aliphatic heterocycles. The summed E-state index contributed by atoms with van der Waals surface area (Å²) in [6.07, 6.45) is 1.47. The van der Waals surface area contributed by atoms with E-state index in [1.807, 2.05) is 70.0 Å². The van der Waals surface area contributed by atoms with Crippen molar-refractivity contribution in [2.45, 2.75) is 25.8 Å². The van der Waals surface area contributed by atoms with Crippen molar-refractivity contribution in [2.75, 3.05) is 38.2 Å². The van der Waals surface area contributed by atoms with Crippen LogP contribution in [-0.4, -0.2) is 63.3 Å². The third kappa shape index (κ3) is 4.90. The lowest BCUT2D eigenvalue weighted by atomic mass is 10.1. The first-order valence-electron chi connectivity index (χ1n) is 13.7. The highest BCUT2D eigenvalue weighted by molar-refractivity contribution is 5.81. The SMILES string of the molecule is COc1ccccc1N1CCN(C(=O)CCc2nnc3n(CCc4ccccc4)c(=O)c4ccccc4n23)CC1. The van der Waals surface area contributed by atoms with E-state index in [0.717, 1.165) is 35.6 Å². The van der Waals surface area contributed by atoms with Gasteiger partial charge in [-0.15, -0.1) is 10.2 Å². The predicted molar refractivity (Wildman–Crippen MR) is 155 cm³/mol. The molecule has 9 nitrogen and oxygen atoms in total. The van der Waals surface area contributed by atoms with E-state index in [9.17, 15) is 9.59 Å². The van der Waals surface area contributed by atoms with Gasteiger partial charge in [-0.25, -0.2) is 0 Å². The molecule has 2 aromatic heterocycles.